The fourth-order valence-electron chi connectivity index (χ4n) is 2.20. The first-order valence-corrected chi connectivity index (χ1v) is 6.19. The van der Waals surface area contributed by atoms with Crippen LogP contribution in [0.5, 0.6) is 0 Å². The summed E-state index contributed by atoms with van der Waals surface area (Å²) in [7, 11) is 0. The lowest BCUT2D eigenvalue weighted by molar-refractivity contribution is 0.256. The molecule has 0 rings (SSSR count). The highest BCUT2D eigenvalue weighted by Gasteiger charge is 2.25. The van der Waals surface area contributed by atoms with Crippen molar-refractivity contribution in [1.82, 2.24) is 0 Å². The minimum absolute atomic E-state index is 0.582. The predicted molar refractivity (Wildman–Crippen MR) is 65.8 cm³/mol. The van der Waals surface area contributed by atoms with Crippen molar-refractivity contribution >= 4 is 0 Å². The first-order chi connectivity index (χ1) is 6.52. The van der Waals surface area contributed by atoms with Crippen molar-refractivity contribution < 1.29 is 0 Å². The van der Waals surface area contributed by atoms with Crippen molar-refractivity contribution in [1.29, 1.82) is 0 Å². The van der Waals surface area contributed by atoms with Crippen molar-refractivity contribution in [2.24, 2.45) is 23.7 Å². The summed E-state index contributed by atoms with van der Waals surface area (Å²) in [6.07, 6.45) is 5.19. The van der Waals surface area contributed by atoms with E-state index in [1.165, 1.54) is 25.7 Å². The van der Waals surface area contributed by atoms with E-state index >= 15 is 0 Å². The molecule has 0 aromatic rings. The van der Waals surface area contributed by atoms with Crippen LogP contribution in [0.25, 0.3) is 0 Å². The van der Waals surface area contributed by atoms with Gasteiger partial charge in [0.1, 0.15) is 0 Å². The SMILES string of the molecule is [CH2+]C(C)C(CC)CC(CCC)C([CH2+])C. The third-order valence-corrected chi connectivity index (χ3v) is 3.40. The van der Waals surface area contributed by atoms with Gasteiger partial charge in [0.15, 0.2) is 0 Å². The zero-order valence-electron chi connectivity index (χ0n) is 10.6. The van der Waals surface area contributed by atoms with Crippen LogP contribution < -0.4 is 0 Å². The van der Waals surface area contributed by atoms with Gasteiger partial charge in [-0.3, -0.25) is 0 Å². The Morgan fingerprint density at radius 1 is 0.929 bits per heavy atom. The maximum absolute atomic E-state index is 4.18. The summed E-state index contributed by atoms with van der Waals surface area (Å²) in [6, 6.07) is 0. The Bertz CT molecular complexity index is 124. The molecule has 0 nitrogen and oxygen atoms in total. The van der Waals surface area contributed by atoms with E-state index in [2.05, 4.69) is 41.5 Å². The number of hydrogen-bond donors (Lipinski definition) is 0. The van der Waals surface area contributed by atoms with Crippen LogP contribution in [0.1, 0.15) is 53.4 Å². The normalized spacial score (nSPS) is 20.0. The van der Waals surface area contributed by atoms with E-state index < -0.39 is 0 Å². The summed E-state index contributed by atoms with van der Waals surface area (Å²) in [6.45, 7) is 17.4. The summed E-state index contributed by atoms with van der Waals surface area (Å²) in [4.78, 5) is 0. The molecule has 0 fully saturated rings. The summed E-state index contributed by atoms with van der Waals surface area (Å²) in [5.74, 6) is 2.76. The van der Waals surface area contributed by atoms with Crippen LogP contribution >= 0.6 is 0 Å². The Morgan fingerprint density at radius 2 is 1.43 bits per heavy atom. The van der Waals surface area contributed by atoms with Gasteiger partial charge in [-0.15, -0.1) is 0 Å². The fourth-order valence-corrected chi connectivity index (χ4v) is 2.20. The van der Waals surface area contributed by atoms with Crippen molar-refractivity contribution in [3.05, 3.63) is 13.8 Å². The highest BCUT2D eigenvalue weighted by Crippen LogP contribution is 2.30. The molecular formula is C14H28+2. The average Bonchev–Trinajstić information content (AvgIpc) is 2.11. The Kier molecular flexibility index (Phi) is 6.96. The highest BCUT2D eigenvalue weighted by atomic mass is 14.2. The van der Waals surface area contributed by atoms with Gasteiger partial charge in [0.25, 0.3) is 0 Å². The van der Waals surface area contributed by atoms with Gasteiger partial charge in [0.2, 0.25) is 0 Å². The number of rotatable bonds is 7. The summed E-state index contributed by atoms with van der Waals surface area (Å²) in [5.41, 5.74) is 0. The van der Waals surface area contributed by atoms with Gasteiger partial charge in [-0.2, -0.15) is 0 Å². The number of hydrogen-bond acceptors (Lipinski definition) is 0. The Hall–Kier alpha value is -0.260. The average molecular weight is 196 g/mol. The second-order valence-electron chi connectivity index (χ2n) is 4.91. The molecule has 0 saturated carbocycles. The third-order valence-electron chi connectivity index (χ3n) is 3.40. The molecule has 0 aliphatic rings. The van der Waals surface area contributed by atoms with Crippen molar-refractivity contribution in [2.45, 2.75) is 53.4 Å². The van der Waals surface area contributed by atoms with Gasteiger partial charge in [0.05, 0.1) is 25.7 Å². The molecule has 14 heavy (non-hydrogen) atoms. The second-order valence-corrected chi connectivity index (χ2v) is 4.91. The highest BCUT2D eigenvalue weighted by molar-refractivity contribution is 4.75. The lowest BCUT2D eigenvalue weighted by Crippen LogP contribution is -2.17. The largest absolute Gasteiger partial charge is 0.0953 e. The first kappa shape index (κ1) is 13.7. The topological polar surface area (TPSA) is 0 Å². The zero-order chi connectivity index (χ0) is 11.1. The molecule has 0 aromatic heterocycles. The monoisotopic (exact) mass is 196 g/mol. The van der Waals surface area contributed by atoms with Crippen molar-refractivity contribution in [3.8, 4) is 0 Å². The van der Waals surface area contributed by atoms with E-state index in [0.29, 0.717) is 11.8 Å². The molecule has 0 heteroatoms. The first-order valence-electron chi connectivity index (χ1n) is 6.19. The van der Waals surface area contributed by atoms with Crippen LogP contribution in [0.3, 0.4) is 0 Å². The molecule has 0 spiro atoms. The van der Waals surface area contributed by atoms with Crippen molar-refractivity contribution in [2.75, 3.05) is 0 Å². The molecular weight excluding hydrogens is 168 g/mol. The lowest BCUT2D eigenvalue weighted by Gasteiger charge is -2.22. The molecule has 0 saturated heterocycles. The third kappa shape index (κ3) is 4.83. The van der Waals surface area contributed by atoms with Gasteiger partial charge in [-0.25, -0.2) is 0 Å². The van der Waals surface area contributed by atoms with E-state index in [-0.39, 0.29) is 0 Å². The molecule has 4 unspecified atom stereocenters. The van der Waals surface area contributed by atoms with Gasteiger partial charge in [-0.1, -0.05) is 20.3 Å². The predicted octanol–water partition coefficient (Wildman–Crippen LogP) is 4.76. The van der Waals surface area contributed by atoms with E-state index in [9.17, 15) is 0 Å². The second kappa shape index (κ2) is 7.09. The van der Waals surface area contributed by atoms with E-state index in [4.69, 9.17) is 0 Å². The standard InChI is InChI=1S/C14H28/c1-7-9-14(12(5)6)10-13(8-2)11(3)4/h11-14H,3,5,7-10H2,1-2,4,6H3/q+2. The molecule has 82 valence electrons. The van der Waals surface area contributed by atoms with Gasteiger partial charge >= 0.3 is 0 Å². The van der Waals surface area contributed by atoms with Crippen LogP contribution in [-0.4, -0.2) is 0 Å². The van der Waals surface area contributed by atoms with E-state index in [1.54, 1.807) is 0 Å². The quantitative estimate of drug-likeness (QED) is 0.515. The van der Waals surface area contributed by atoms with E-state index in [0.717, 1.165) is 11.8 Å². The van der Waals surface area contributed by atoms with Crippen molar-refractivity contribution in [3.63, 3.8) is 0 Å². The minimum Gasteiger partial charge on any atom is -0.0654 e. The van der Waals surface area contributed by atoms with Gasteiger partial charge < -0.3 is 0 Å². The Labute approximate surface area is 91.5 Å². The molecule has 0 heterocycles. The van der Waals surface area contributed by atoms with E-state index in [1.807, 2.05) is 0 Å². The van der Waals surface area contributed by atoms with Crippen LogP contribution in [0.4, 0.5) is 0 Å². The molecule has 0 aliphatic carbocycles. The molecule has 4 atom stereocenters. The molecule has 0 aliphatic heterocycles. The van der Waals surface area contributed by atoms with Gasteiger partial charge in [0, 0.05) is 11.8 Å². The molecule has 0 bridgehead atoms. The van der Waals surface area contributed by atoms with Gasteiger partial charge in [-0.05, 0) is 33.1 Å². The van der Waals surface area contributed by atoms with Crippen LogP contribution in [0.2, 0.25) is 0 Å². The lowest BCUT2D eigenvalue weighted by atomic mass is 9.78. The Morgan fingerprint density at radius 3 is 1.71 bits per heavy atom. The molecule has 0 radical (unpaired) electrons. The smallest absolute Gasteiger partial charge is 0.0654 e. The zero-order valence-corrected chi connectivity index (χ0v) is 10.6. The van der Waals surface area contributed by atoms with Crippen LogP contribution in [-0.2, 0) is 0 Å². The maximum atomic E-state index is 4.18. The minimum atomic E-state index is 0.582. The van der Waals surface area contributed by atoms with Crippen LogP contribution in [0.15, 0.2) is 0 Å². The summed E-state index contributed by atoms with van der Waals surface area (Å²) in [5, 5.41) is 0. The summed E-state index contributed by atoms with van der Waals surface area (Å²) >= 11 is 0. The maximum Gasteiger partial charge on any atom is 0.0953 e. The van der Waals surface area contributed by atoms with Crippen LogP contribution in [0, 0.1) is 37.5 Å². The molecule has 0 N–H and O–H groups in total. The molecule has 0 amide bonds. The Balaban J connectivity index is 4.11. The summed E-state index contributed by atoms with van der Waals surface area (Å²) < 4.78 is 0. The molecule has 0 aromatic carbocycles. The fraction of sp³-hybridized carbons (Fsp3) is 0.857.